The zero-order chi connectivity index (χ0) is 10.4. The number of rotatable bonds is 5. The van der Waals surface area contributed by atoms with E-state index in [1.54, 1.807) is 0 Å². The molecule has 1 aromatic carbocycles. The molecule has 0 bridgehead atoms. The van der Waals surface area contributed by atoms with Crippen molar-refractivity contribution >= 4 is 20.3 Å². The zero-order valence-corrected chi connectivity index (χ0v) is 9.92. The first-order chi connectivity index (χ1) is 6.83. The van der Waals surface area contributed by atoms with E-state index in [0.29, 0.717) is 0 Å². The molecule has 0 spiro atoms. The first kappa shape index (κ1) is 11.2. The zero-order valence-electron chi connectivity index (χ0n) is 8.92. The molecule has 0 unspecified atom stereocenters. The van der Waals surface area contributed by atoms with Crippen LogP contribution in [-0.4, -0.2) is 15.6 Å². The molecule has 0 aliphatic carbocycles. The summed E-state index contributed by atoms with van der Waals surface area (Å²) >= 11 is 0. The molecule has 1 radical (unpaired) electrons. The Morgan fingerprint density at radius 1 is 1.36 bits per heavy atom. The van der Waals surface area contributed by atoms with Crippen LogP contribution in [0.3, 0.4) is 0 Å². The van der Waals surface area contributed by atoms with Crippen LogP contribution in [0.25, 0.3) is 6.08 Å². The van der Waals surface area contributed by atoms with Crippen LogP contribution in [-0.2, 0) is 4.43 Å². The van der Waals surface area contributed by atoms with Gasteiger partial charge in [-0.1, -0.05) is 43.8 Å². The Kier molecular flexibility index (Phi) is 4.63. The molecule has 0 N–H and O–H groups in total. The molecular weight excluding hydrogens is 188 g/mol. The summed E-state index contributed by atoms with van der Waals surface area (Å²) in [5.41, 5.74) is 1.22. The highest BCUT2D eigenvalue weighted by molar-refractivity contribution is 6.68. The lowest BCUT2D eigenvalue weighted by Crippen LogP contribution is -2.34. The molecule has 1 rings (SSSR count). The lowest BCUT2D eigenvalue weighted by atomic mass is 10.2. The maximum atomic E-state index is 5.77. The Morgan fingerprint density at radius 3 is 2.64 bits per heavy atom. The molecule has 1 nitrogen and oxygen atoms in total. The van der Waals surface area contributed by atoms with Gasteiger partial charge >= 0.3 is 0 Å². The number of hydrogen-bond donors (Lipinski definition) is 0. The van der Waals surface area contributed by atoms with Gasteiger partial charge in [0.25, 0.3) is 0 Å². The Labute approximate surface area is 88.1 Å². The topological polar surface area (TPSA) is 9.23 Å². The fourth-order valence-corrected chi connectivity index (χ4v) is 3.35. The van der Waals surface area contributed by atoms with Crippen LogP contribution >= 0.6 is 0 Å². The van der Waals surface area contributed by atoms with Crippen LogP contribution in [0.5, 0.6) is 0 Å². The van der Waals surface area contributed by atoms with E-state index >= 15 is 0 Å². The third kappa shape index (κ3) is 2.56. The van der Waals surface area contributed by atoms with Crippen molar-refractivity contribution in [1.29, 1.82) is 0 Å². The predicted molar refractivity (Wildman–Crippen MR) is 64.0 cm³/mol. The van der Waals surface area contributed by atoms with E-state index in [2.05, 4.69) is 38.6 Å². The molecule has 0 aliphatic rings. The second kappa shape index (κ2) is 5.78. The van der Waals surface area contributed by atoms with Crippen molar-refractivity contribution in [3.63, 3.8) is 0 Å². The Balaban J connectivity index is 2.95. The first-order valence-corrected chi connectivity index (χ1v) is 6.65. The Bertz CT molecular complexity index is 296. The summed E-state index contributed by atoms with van der Waals surface area (Å²) in [6.45, 7) is 8.87. The van der Waals surface area contributed by atoms with E-state index < -0.39 is 9.04 Å². The molecule has 0 aromatic heterocycles. The first-order valence-electron chi connectivity index (χ1n) is 5.03. The molecule has 14 heavy (non-hydrogen) atoms. The van der Waals surface area contributed by atoms with Gasteiger partial charge in [-0.25, -0.2) is 0 Å². The molecule has 0 atom stereocenters. The molecule has 2 heteroatoms. The summed E-state index contributed by atoms with van der Waals surface area (Å²) in [5.74, 6) is 0. The average molecular weight is 205 g/mol. The van der Waals surface area contributed by atoms with Crippen LogP contribution in [0.4, 0.5) is 0 Å². The van der Waals surface area contributed by atoms with Crippen LogP contribution in [0.15, 0.2) is 30.8 Å². The smallest absolute Gasteiger partial charge is 0.247 e. The van der Waals surface area contributed by atoms with Crippen molar-refractivity contribution in [2.24, 2.45) is 0 Å². The second-order valence-corrected chi connectivity index (χ2v) is 5.38. The van der Waals surface area contributed by atoms with Gasteiger partial charge in [0, 0.05) is 6.61 Å². The van der Waals surface area contributed by atoms with Crippen molar-refractivity contribution in [2.45, 2.75) is 19.9 Å². The SMILES string of the molecule is C=Cc1ccccc1[Si](CC)OCC. The highest BCUT2D eigenvalue weighted by Gasteiger charge is 2.15. The summed E-state index contributed by atoms with van der Waals surface area (Å²) in [7, 11) is -0.826. The monoisotopic (exact) mass is 205 g/mol. The fourth-order valence-electron chi connectivity index (χ4n) is 1.47. The van der Waals surface area contributed by atoms with Crippen molar-refractivity contribution < 1.29 is 4.43 Å². The van der Waals surface area contributed by atoms with Gasteiger partial charge in [-0.3, -0.25) is 0 Å². The molecule has 0 heterocycles. The van der Waals surface area contributed by atoms with Gasteiger partial charge in [-0.2, -0.15) is 0 Å². The minimum atomic E-state index is -0.826. The van der Waals surface area contributed by atoms with E-state index in [-0.39, 0.29) is 0 Å². The maximum absolute atomic E-state index is 5.77. The molecule has 0 amide bonds. The second-order valence-electron chi connectivity index (χ2n) is 3.00. The maximum Gasteiger partial charge on any atom is 0.247 e. The van der Waals surface area contributed by atoms with E-state index in [9.17, 15) is 0 Å². The van der Waals surface area contributed by atoms with Gasteiger partial charge in [-0.15, -0.1) is 0 Å². The molecule has 75 valence electrons. The van der Waals surface area contributed by atoms with Gasteiger partial charge in [0.05, 0.1) is 0 Å². The lowest BCUT2D eigenvalue weighted by molar-refractivity contribution is 0.350. The molecular formula is C12H17OSi. The fraction of sp³-hybridized carbons (Fsp3) is 0.333. The highest BCUT2D eigenvalue weighted by Crippen LogP contribution is 2.03. The molecule has 0 saturated carbocycles. The van der Waals surface area contributed by atoms with E-state index in [0.717, 1.165) is 12.7 Å². The Morgan fingerprint density at radius 2 is 2.07 bits per heavy atom. The van der Waals surface area contributed by atoms with Crippen molar-refractivity contribution in [1.82, 2.24) is 0 Å². The van der Waals surface area contributed by atoms with Crippen LogP contribution in [0.2, 0.25) is 6.04 Å². The van der Waals surface area contributed by atoms with E-state index in [4.69, 9.17) is 4.43 Å². The number of benzene rings is 1. The predicted octanol–water partition coefficient (Wildman–Crippen LogP) is 2.58. The minimum absolute atomic E-state index is 0.799. The lowest BCUT2D eigenvalue weighted by Gasteiger charge is -2.14. The molecule has 0 aliphatic heterocycles. The highest BCUT2D eigenvalue weighted by atomic mass is 28.3. The standard InChI is InChI=1S/C12H17OSi/c1-4-11-9-7-8-10-12(11)14(6-3)13-5-2/h4,7-10H,1,5-6H2,2-3H3. The van der Waals surface area contributed by atoms with Crippen molar-refractivity contribution in [2.75, 3.05) is 6.61 Å². The number of hydrogen-bond acceptors (Lipinski definition) is 1. The summed E-state index contributed by atoms with van der Waals surface area (Å²) in [5, 5.41) is 1.34. The van der Waals surface area contributed by atoms with Gasteiger partial charge in [0.15, 0.2) is 0 Å². The molecule has 0 saturated heterocycles. The summed E-state index contributed by atoms with van der Waals surface area (Å²) in [4.78, 5) is 0. The Hall–Kier alpha value is -0.863. The minimum Gasteiger partial charge on any atom is -0.412 e. The van der Waals surface area contributed by atoms with Crippen LogP contribution in [0, 0.1) is 0 Å². The largest absolute Gasteiger partial charge is 0.412 e. The van der Waals surface area contributed by atoms with Crippen LogP contribution in [0.1, 0.15) is 19.4 Å². The third-order valence-corrected chi connectivity index (χ3v) is 4.46. The normalized spacial score (nSPS) is 10.5. The third-order valence-electron chi connectivity index (χ3n) is 2.12. The van der Waals surface area contributed by atoms with Gasteiger partial charge in [-0.05, 0) is 23.7 Å². The summed E-state index contributed by atoms with van der Waals surface area (Å²) in [6, 6.07) is 9.47. The van der Waals surface area contributed by atoms with Crippen LogP contribution < -0.4 is 5.19 Å². The molecule has 1 aromatic rings. The summed E-state index contributed by atoms with van der Waals surface area (Å²) < 4.78 is 5.77. The van der Waals surface area contributed by atoms with Gasteiger partial charge in [0.2, 0.25) is 9.04 Å². The van der Waals surface area contributed by atoms with Gasteiger partial charge in [0.1, 0.15) is 0 Å². The van der Waals surface area contributed by atoms with E-state index in [1.165, 1.54) is 10.8 Å². The summed E-state index contributed by atoms with van der Waals surface area (Å²) in [6.07, 6.45) is 1.91. The average Bonchev–Trinajstić information content (AvgIpc) is 2.26. The van der Waals surface area contributed by atoms with Crippen molar-refractivity contribution in [3.8, 4) is 0 Å². The molecule has 0 fully saturated rings. The van der Waals surface area contributed by atoms with E-state index in [1.807, 2.05) is 12.1 Å². The van der Waals surface area contributed by atoms with Crippen molar-refractivity contribution in [3.05, 3.63) is 36.4 Å². The van der Waals surface area contributed by atoms with Gasteiger partial charge < -0.3 is 4.43 Å². The quantitative estimate of drug-likeness (QED) is 0.671.